The Kier molecular flexibility index (Phi) is 4.46. The molecule has 0 aromatic heterocycles. The molecule has 20 heavy (non-hydrogen) atoms. The molecule has 2 saturated heterocycles. The Morgan fingerprint density at radius 1 is 1.35 bits per heavy atom. The molecule has 2 heterocycles. The number of hydrogen-bond acceptors (Lipinski definition) is 3. The number of carbonyl (C=O) groups excluding carboxylic acids is 1. The Balaban J connectivity index is 1.94. The molecular weight excluding hydrogens is 273 g/mol. The smallest absolute Gasteiger partial charge is 0.422 e. The zero-order valence-electron chi connectivity index (χ0n) is 11.8. The Hall–Kier alpha value is -0.980. The summed E-state index contributed by atoms with van der Waals surface area (Å²) in [5.41, 5.74) is 0. The predicted molar refractivity (Wildman–Crippen MR) is 67.3 cm³/mol. The van der Waals surface area contributed by atoms with Crippen LogP contribution in [-0.4, -0.2) is 60.4 Å². The monoisotopic (exact) mass is 294 g/mol. The number of halogens is 3. The van der Waals surface area contributed by atoms with Crippen molar-refractivity contribution in [1.29, 1.82) is 0 Å². The Morgan fingerprint density at radius 2 is 2.05 bits per heavy atom. The summed E-state index contributed by atoms with van der Waals surface area (Å²) in [6.45, 7) is 4.90. The zero-order valence-corrected chi connectivity index (χ0v) is 11.8. The number of ether oxygens (including phenoxy) is 1. The third kappa shape index (κ3) is 3.77. The topological polar surface area (TPSA) is 32.8 Å². The van der Waals surface area contributed by atoms with E-state index in [9.17, 15) is 18.0 Å². The zero-order chi connectivity index (χ0) is 14.9. The molecule has 4 nitrogen and oxygen atoms in total. The second-order valence-electron chi connectivity index (χ2n) is 5.96. The molecule has 2 fully saturated rings. The van der Waals surface area contributed by atoms with Crippen LogP contribution in [0.4, 0.5) is 18.0 Å². The minimum absolute atomic E-state index is 0.0226. The largest absolute Gasteiger partial charge is 0.440 e. The second-order valence-corrected chi connectivity index (χ2v) is 5.96. The molecule has 1 amide bonds. The fourth-order valence-corrected chi connectivity index (χ4v) is 3.03. The van der Waals surface area contributed by atoms with E-state index in [0.29, 0.717) is 18.5 Å². The highest BCUT2D eigenvalue weighted by Gasteiger charge is 2.40. The summed E-state index contributed by atoms with van der Waals surface area (Å²) in [4.78, 5) is 15.6. The molecule has 2 bridgehead atoms. The van der Waals surface area contributed by atoms with E-state index in [1.54, 1.807) is 0 Å². The van der Waals surface area contributed by atoms with Crippen molar-refractivity contribution in [3.63, 3.8) is 0 Å². The van der Waals surface area contributed by atoms with Crippen molar-refractivity contribution in [2.24, 2.45) is 5.92 Å². The molecule has 0 aliphatic carbocycles. The van der Waals surface area contributed by atoms with Gasteiger partial charge in [0.15, 0.2) is 6.61 Å². The van der Waals surface area contributed by atoms with Gasteiger partial charge in [0, 0.05) is 25.2 Å². The quantitative estimate of drug-likeness (QED) is 0.784. The van der Waals surface area contributed by atoms with Gasteiger partial charge in [0.05, 0.1) is 0 Å². The van der Waals surface area contributed by atoms with Gasteiger partial charge < -0.3 is 9.64 Å². The molecule has 0 N–H and O–H groups in total. The second kappa shape index (κ2) is 5.79. The third-order valence-corrected chi connectivity index (χ3v) is 4.10. The van der Waals surface area contributed by atoms with Gasteiger partial charge in [-0.05, 0) is 39.2 Å². The maximum absolute atomic E-state index is 12.1. The molecule has 2 atom stereocenters. The molecular formula is C13H21F3N2O2. The van der Waals surface area contributed by atoms with Crippen molar-refractivity contribution in [2.45, 2.75) is 44.9 Å². The van der Waals surface area contributed by atoms with Crippen LogP contribution in [0.2, 0.25) is 0 Å². The number of fused-ring (bicyclic) bond motifs is 2. The van der Waals surface area contributed by atoms with Crippen LogP contribution in [0.25, 0.3) is 0 Å². The maximum Gasteiger partial charge on any atom is 0.422 e. The average Bonchev–Trinajstić information content (AvgIpc) is 2.58. The third-order valence-electron chi connectivity index (χ3n) is 4.10. The number of alkyl halides is 3. The van der Waals surface area contributed by atoms with E-state index in [0.717, 1.165) is 25.9 Å². The molecule has 0 saturated carbocycles. The standard InChI is InChI=1S/C13H21F3N2O2/c1-9(2)17-4-3-10-5-11(7-17)18(6-10)12(19)20-8-13(14,15)16/h9-11H,3-8H2,1-2H3. The van der Waals surface area contributed by atoms with E-state index < -0.39 is 18.9 Å². The number of carbonyl (C=O) groups is 1. The highest BCUT2D eigenvalue weighted by atomic mass is 19.4. The molecule has 0 spiro atoms. The van der Waals surface area contributed by atoms with E-state index >= 15 is 0 Å². The van der Waals surface area contributed by atoms with Crippen molar-refractivity contribution >= 4 is 6.09 Å². The summed E-state index contributed by atoms with van der Waals surface area (Å²) in [5, 5.41) is 0. The van der Waals surface area contributed by atoms with E-state index in [1.165, 1.54) is 4.90 Å². The van der Waals surface area contributed by atoms with Gasteiger partial charge in [0.2, 0.25) is 0 Å². The number of rotatable bonds is 2. The van der Waals surface area contributed by atoms with Crippen molar-refractivity contribution < 1.29 is 22.7 Å². The fraction of sp³-hybridized carbons (Fsp3) is 0.923. The number of amides is 1. The first-order chi connectivity index (χ1) is 9.26. The average molecular weight is 294 g/mol. The fourth-order valence-electron chi connectivity index (χ4n) is 3.03. The molecule has 0 aromatic rings. The molecule has 0 aromatic carbocycles. The molecule has 2 rings (SSSR count). The first-order valence-corrected chi connectivity index (χ1v) is 7.00. The van der Waals surface area contributed by atoms with Crippen molar-refractivity contribution in [2.75, 3.05) is 26.2 Å². The first kappa shape index (κ1) is 15.4. The van der Waals surface area contributed by atoms with Gasteiger partial charge in [-0.15, -0.1) is 0 Å². The van der Waals surface area contributed by atoms with Gasteiger partial charge >= 0.3 is 12.3 Å². The van der Waals surface area contributed by atoms with E-state index in [2.05, 4.69) is 23.5 Å². The number of likely N-dealkylation sites (tertiary alicyclic amines) is 2. The predicted octanol–water partition coefficient (Wildman–Crippen LogP) is 2.49. The minimum atomic E-state index is -4.47. The van der Waals surface area contributed by atoms with Crippen LogP contribution < -0.4 is 0 Å². The summed E-state index contributed by atoms with van der Waals surface area (Å²) in [5.74, 6) is 0.377. The van der Waals surface area contributed by atoms with Crippen LogP contribution in [0.5, 0.6) is 0 Å². The van der Waals surface area contributed by atoms with Gasteiger partial charge in [0.1, 0.15) is 0 Å². The highest BCUT2D eigenvalue weighted by molar-refractivity contribution is 5.68. The Labute approximate surface area is 116 Å². The summed E-state index contributed by atoms with van der Waals surface area (Å²) in [7, 11) is 0. The number of hydrogen-bond donors (Lipinski definition) is 0. The van der Waals surface area contributed by atoms with Gasteiger partial charge in [-0.1, -0.05) is 0 Å². The van der Waals surface area contributed by atoms with Gasteiger partial charge in [-0.2, -0.15) is 13.2 Å². The Bertz CT molecular complexity index is 360. The van der Waals surface area contributed by atoms with E-state index in [-0.39, 0.29) is 6.04 Å². The molecule has 0 radical (unpaired) electrons. The molecule has 2 aliphatic heterocycles. The summed E-state index contributed by atoms with van der Waals surface area (Å²) in [6, 6.07) is 0.355. The SMILES string of the molecule is CC(C)N1CCC2CC(C1)N(C(=O)OCC(F)(F)F)C2. The molecule has 7 heteroatoms. The summed E-state index contributed by atoms with van der Waals surface area (Å²) in [6.07, 6.45) is -3.45. The van der Waals surface area contributed by atoms with Gasteiger partial charge in [0.25, 0.3) is 0 Å². The normalized spacial score (nSPS) is 27.8. The lowest BCUT2D eigenvalue weighted by atomic mass is 10.0. The lowest BCUT2D eigenvalue weighted by Gasteiger charge is -2.33. The lowest BCUT2D eigenvalue weighted by molar-refractivity contribution is -0.162. The van der Waals surface area contributed by atoms with Gasteiger partial charge in [-0.3, -0.25) is 4.90 Å². The summed E-state index contributed by atoms with van der Waals surface area (Å²) >= 11 is 0. The van der Waals surface area contributed by atoms with E-state index in [4.69, 9.17) is 0 Å². The first-order valence-electron chi connectivity index (χ1n) is 7.00. The highest BCUT2D eigenvalue weighted by Crippen LogP contribution is 2.31. The summed E-state index contributed by atoms with van der Waals surface area (Å²) < 4.78 is 40.7. The van der Waals surface area contributed by atoms with Crippen LogP contribution in [0.1, 0.15) is 26.7 Å². The van der Waals surface area contributed by atoms with Crippen molar-refractivity contribution in [3.05, 3.63) is 0 Å². The van der Waals surface area contributed by atoms with Crippen LogP contribution in [-0.2, 0) is 4.74 Å². The van der Waals surface area contributed by atoms with Crippen LogP contribution in [0.3, 0.4) is 0 Å². The van der Waals surface area contributed by atoms with Gasteiger partial charge in [-0.25, -0.2) is 4.79 Å². The van der Waals surface area contributed by atoms with Crippen molar-refractivity contribution in [1.82, 2.24) is 9.80 Å². The molecule has 116 valence electrons. The molecule has 2 unspecified atom stereocenters. The molecule has 2 aliphatic rings. The van der Waals surface area contributed by atoms with E-state index in [1.807, 2.05) is 0 Å². The minimum Gasteiger partial charge on any atom is -0.440 e. The Morgan fingerprint density at radius 3 is 2.65 bits per heavy atom. The lowest BCUT2D eigenvalue weighted by Crippen LogP contribution is -2.47. The maximum atomic E-state index is 12.1. The van der Waals surface area contributed by atoms with Crippen LogP contribution in [0, 0.1) is 5.92 Å². The van der Waals surface area contributed by atoms with Crippen LogP contribution >= 0.6 is 0 Å². The number of nitrogens with zero attached hydrogens (tertiary/aromatic N) is 2. The van der Waals surface area contributed by atoms with Crippen LogP contribution in [0.15, 0.2) is 0 Å². The van der Waals surface area contributed by atoms with Crippen molar-refractivity contribution in [3.8, 4) is 0 Å².